The van der Waals surface area contributed by atoms with Gasteiger partial charge in [-0.3, -0.25) is 4.79 Å². The smallest absolute Gasteiger partial charge is 0.274 e. The first kappa shape index (κ1) is 17.9. The minimum Gasteiger partial charge on any atom is -0.365 e. The van der Waals surface area contributed by atoms with Gasteiger partial charge >= 0.3 is 0 Å². The molecule has 132 valence electrons. The predicted octanol–water partition coefficient (Wildman–Crippen LogP) is 4.01. The van der Waals surface area contributed by atoms with E-state index < -0.39 is 0 Å². The monoisotopic (exact) mass is 366 g/mol. The van der Waals surface area contributed by atoms with Crippen LogP contribution in [0.5, 0.6) is 0 Å². The number of hydrogen-bond acceptors (Lipinski definition) is 4. The van der Waals surface area contributed by atoms with Gasteiger partial charge in [0, 0.05) is 25.2 Å². The Morgan fingerprint density at radius 1 is 1.00 bits per heavy atom. The van der Waals surface area contributed by atoms with Gasteiger partial charge in [0.15, 0.2) is 0 Å². The Bertz CT molecular complexity index is 851. The summed E-state index contributed by atoms with van der Waals surface area (Å²) >= 11 is 5.87. The van der Waals surface area contributed by atoms with Crippen LogP contribution >= 0.6 is 11.6 Å². The molecule has 1 heterocycles. The first-order valence-corrected chi connectivity index (χ1v) is 8.59. The lowest BCUT2D eigenvalue weighted by atomic mass is 10.2. The summed E-state index contributed by atoms with van der Waals surface area (Å²) in [5.74, 6) is 0.452. The molecule has 0 bridgehead atoms. The number of carbonyl (C=O) groups is 1. The Morgan fingerprint density at radius 2 is 1.73 bits per heavy atom. The first-order chi connectivity index (χ1) is 12.6. The Hall–Kier alpha value is -2.92. The van der Waals surface area contributed by atoms with Crippen LogP contribution in [0.4, 0.5) is 5.82 Å². The molecule has 0 atom stereocenters. The maximum Gasteiger partial charge on any atom is 0.274 e. The van der Waals surface area contributed by atoms with Crippen molar-refractivity contribution in [2.75, 3.05) is 12.4 Å². The summed E-state index contributed by atoms with van der Waals surface area (Å²) in [6, 6.07) is 17.4. The zero-order valence-corrected chi connectivity index (χ0v) is 15.1. The van der Waals surface area contributed by atoms with Gasteiger partial charge < -0.3 is 10.2 Å². The fraction of sp³-hybridized carbons (Fsp3) is 0.150. The van der Waals surface area contributed by atoms with E-state index in [1.807, 2.05) is 54.6 Å². The Kier molecular flexibility index (Phi) is 5.81. The molecule has 26 heavy (non-hydrogen) atoms. The third-order valence-corrected chi connectivity index (χ3v) is 4.12. The lowest BCUT2D eigenvalue weighted by molar-refractivity contribution is 0.0779. The number of hydrogen-bond donors (Lipinski definition) is 1. The van der Waals surface area contributed by atoms with Crippen molar-refractivity contribution in [1.82, 2.24) is 14.9 Å². The van der Waals surface area contributed by atoms with E-state index in [1.165, 1.54) is 6.20 Å². The number of aromatic nitrogens is 2. The van der Waals surface area contributed by atoms with Crippen LogP contribution < -0.4 is 5.32 Å². The normalized spacial score (nSPS) is 10.4. The minimum absolute atomic E-state index is 0.161. The highest BCUT2D eigenvalue weighted by molar-refractivity contribution is 6.30. The molecule has 3 aromatic rings. The number of rotatable bonds is 6. The maximum atomic E-state index is 12.5. The molecule has 0 saturated heterocycles. The van der Waals surface area contributed by atoms with Gasteiger partial charge in [-0.05, 0) is 23.3 Å². The first-order valence-electron chi connectivity index (χ1n) is 8.21. The van der Waals surface area contributed by atoms with Crippen molar-refractivity contribution in [3.63, 3.8) is 0 Å². The molecular formula is C20H19ClN4O. The molecule has 0 aliphatic rings. The summed E-state index contributed by atoms with van der Waals surface area (Å²) in [6.07, 6.45) is 3.06. The van der Waals surface area contributed by atoms with Crippen molar-refractivity contribution in [3.05, 3.63) is 88.8 Å². The van der Waals surface area contributed by atoms with E-state index in [9.17, 15) is 4.79 Å². The molecule has 1 aromatic heterocycles. The molecule has 1 amide bonds. The highest BCUT2D eigenvalue weighted by atomic mass is 35.5. The third kappa shape index (κ3) is 4.80. The summed E-state index contributed by atoms with van der Waals surface area (Å²) in [5.41, 5.74) is 2.47. The molecular weight excluding hydrogens is 348 g/mol. The van der Waals surface area contributed by atoms with Crippen LogP contribution in [0.15, 0.2) is 67.0 Å². The number of nitrogens with one attached hydrogen (secondary N) is 1. The van der Waals surface area contributed by atoms with E-state index in [4.69, 9.17) is 11.6 Å². The Labute approximate surface area is 157 Å². The van der Waals surface area contributed by atoms with Crippen LogP contribution in [0.2, 0.25) is 5.02 Å². The van der Waals surface area contributed by atoms with Gasteiger partial charge in [-0.1, -0.05) is 54.1 Å². The molecule has 0 aliphatic heterocycles. The SMILES string of the molecule is CN(Cc1ccccc1)C(=O)c1cnc(NCc2ccc(Cl)cc2)cn1. The fourth-order valence-electron chi connectivity index (χ4n) is 2.45. The summed E-state index contributed by atoms with van der Waals surface area (Å²) in [6.45, 7) is 1.13. The minimum atomic E-state index is -0.161. The van der Waals surface area contributed by atoms with Crippen molar-refractivity contribution < 1.29 is 4.79 Å². The zero-order valence-electron chi connectivity index (χ0n) is 14.4. The third-order valence-electron chi connectivity index (χ3n) is 3.87. The highest BCUT2D eigenvalue weighted by Crippen LogP contribution is 2.12. The van der Waals surface area contributed by atoms with Gasteiger partial charge in [0.1, 0.15) is 11.5 Å². The van der Waals surface area contributed by atoms with Crippen LogP contribution in [0, 0.1) is 0 Å². The molecule has 5 nitrogen and oxygen atoms in total. The van der Waals surface area contributed by atoms with Crippen molar-refractivity contribution in [2.24, 2.45) is 0 Å². The lowest BCUT2D eigenvalue weighted by Gasteiger charge is -2.16. The number of anilines is 1. The average Bonchev–Trinajstić information content (AvgIpc) is 2.68. The van der Waals surface area contributed by atoms with Gasteiger partial charge in [0.2, 0.25) is 0 Å². The van der Waals surface area contributed by atoms with E-state index in [2.05, 4.69) is 15.3 Å². The van der Waals surface area contributed by atoms with Crippen molar-refractivity contribution in [1.29, 1.82) is 0 Å². The summed E-state index contributed by atoms with van der Waals surface area (Å²) in [5, 5.41) is 3.88. The zero-order chi connectivity index (χ0) is 18.4. The number of amides is 1. The molecule has 0 radical (unpaired) electrons. The quantitative estimate of drug-likeness (QED) is 0.716. The van der Waals surface area contributed by atoms with Gasteiger partial charge in [-0.2, -0.15) is 0 Å². The fourth-order valence-corrected chi connectivity index (χ4v) is 2.58. The average molecular weight is 367 g/mol. The van der Waals surface area contributed by atoms with E-state index in [0.29, 0.717) is 29.6 Å². The second-order valence-electron chi connectivity index (χ2n) is 5.91. The second kappa shape index (κ2) is 8.45. The maximum absolute atomic E-state index is 12.5. The van der Waals surface area contributed by atoms with E-state index in [1.54, 1.807) is 18.1 Å². The molecule has 0 aliphatic carbocycles. The largest absolute Gasteiger partial charge is 0.365 e. The topological polar surface area (TPSA) is 58.1 Å². The van der Waals surface area contributed by atoms with Crippen LogP contribution in [-0.2, 0) is 13.1 Å². The van der Waals surface area contributed by atoms with Crippen LogP contribution in [-0.4, -0.2) is 27.8 Å². The summed E-state index contributed by atoms with van der Waals surface area (Å²) in [4.78, 5) is 22.6. The van der Waals surface area contributed by atoms with Gasteiger partial charge in [-0.15, -0.1) is 0 Å². The van der Waals surface area contributed by atoms with E-state index in [-0.39, 0.29) is 5.91 Å². The van der Waals surface area contributed by atoms with Gasteiger partial charge in [0.05, 0.1) is 12.4 Å². The van der Waals surface area contributed by atoms with Crippen LogP contribution in [0.3, 0.4) is 0 Å². The molecule has 0 saturated carbocycles. The molecule has 0 unspecified atom stereocenters. The molecule has 6 heteroatoms. The standard InChI is InChI=1S/C20H19ClN4O/c1-25(14-16-5-3-2-4-6-16)20(26)18-12-24-19(13-22-18)23-11-15-7-9-17(21)10-8-15/h2-10,12-13H,11,14H2,1H3,(H,23,24). The molecule has 0 fully saturated rings. The van der Waals surface area contributed by atoms with Crippen LogP contribution in [0.1, 0.15) is 21.6 Å². The lowest BCUT2D eigenvalue weighted by Crippen LogP contribution is -2.27. The van der Waals surface area contributed by atoms with Crippen molar-refractivity contribution >= 4 is 23.3 Å². The highest BCUT2D eigenvalue weighted by Gasteiger charge is 2.14. The number of nitrogens with zero attached hydrogens (tertiary/aromatic N) is 3. The second-order valence-corrected chi connectivity index (χ2v) is 6.35. The van der Waals surface area contributed by atoms with E-state index >= 15 is 0 Å². The Morgan fingerprint density at radius 3 is 2.38 bits per heavy atom. The van der Waals surface area contributed by atoms with Crippen molar-refractivity contribution in [2.45, 2.75) is 13.1 Å². The van der Waals surface area contributed by atoms with Crippen molar-refractivity contribution in [3.8, 4) is 0 Å². The van der Waals surface area contributed by atoms with Gasteiger partial charge in [-0.25, -0.2) is 9.97 Å². The summed E-state index contributed by atoms with van der Waals surface area (Å²) < 4.78 is 0. The van der Waals surface area contributed by atoms with Gasteiger partial charge in [0.25, 0.3) is 5.91 Å². The Balaban J connectivity index is 1.57. The molecule has 2 aromatic carbocycles. The van der Waals surface area contributed by atoms with Crippen LogP contribution in [0.25, 0.3) is 0 Å². The summed E-state index contributed by atoms with van der Waals surface area (Å²) in [7, 11) is 1.75. The number of halogens is 1. The van der Waals surface area contributed by atoms with E-state index in [0.717, 1.165) is 11.1 Å². The number of benzene rings is 2. The number of carbonyl (C=O) groups excluding carboxylic acids is 1. The molecule has 0 spiro atoms. The molecule has 3 rings (SSSR count). The predicted molar refractivity (Wildman–Crippen MR) is 103 cm³/mol. The molecule has 1 N–H and O–H groups in total.